The second kappa shape index (κ2) is 13.7. The van der Waals surface area contributed by atoms with Gasteiger partial charge in [0.2, 0.25) is 11.8 Å². The van der Waals surface area contributed by atoms with E-state index in [-0.39, 0.29) is 23.4 Å². The lowest BCUT2D eigenvalue weighted by Gasteiger charge is -2.32. The number of hydrogen-bond donors (Lipinski definition) is 1. The van der Waals surface area contributed by atoms with Gasteiger partial charge in [-0.15, -0.1) is 0 Å². The van der Waals surface area contributed by atoms with Gasteiger partial charge in [0.1, 0.15) is 12.6 Å². The van der Waals surface area contributed by atoms with Crippen LogP contribution in [0.1, 0.15) is 32.8 Å². The van der Waals surface area contributed by atoms with Crippen molar-refractivity contribution >= 4 is 66.7 Å². The smallest absolute Gasteiger partial charge is 0.264 e. The topological polar surface area (TPSA) is 86.8 Å². The van der Waals surface area contributed by atoms with E-state index >= 15 is 0 Å². The molecule has 2 atom stereocenters. The van der Waals surface area contributed by atoms with Gasteiger partial charge in [0.25, 0.3) is 10.0 Å². The maximum atomic E-state index is 13.9. The largest absolute Gasteiger partial charge is 0.352 e. The summed E-state index contributed by atoms with van der Waals surface area (Å²) in [6.45, 7) is 4.86. The number of hydrogen-bond acceptors (Lipinski definition) is 4. The van der Waals surface area contributed by atoms with Gasteiger partial charge in [0.05, 0.1) is 10.6 Å². The van der Waals surface area contributed by atoms with Crippen molar-refractivity contribution in [2.75, 3.05) is 10.8 Å². The molecular formula is C28H30BrCl2N3O4S. The summed E-state index contributed by atoms with van der Waals surface area (Å²) < 4.78 is 29.3. The molecule has 0 radical (unpaired) electrons. The Balaban J connectivity index is 2.03. The van der Waals surface area contributed by atoms with Crippen LogP contribution in [0.2, 0.25) is 10.0 Å². The predicted molar refractivity (Wildman–Crippen MR) is 159 cm³/mol. The van der Waals surface area contributed by atoms with Gasteiger partial charge in [0, 0.05) is 27.1 Å². The first kappa shape index (κ1) is 30.9. The molecule has 0 bridgehead atoms. The summed E-state index contributed by atoms with van der Waals surface area (Å²) >= 11 is 15.8. The van der Waals surface area contributed by atoms with Crippen LogP contribution in [0.4, 0.5) is 5.69 Å². The number of carbonyl (C=O) groups is 2. The third-order valence-corrected chi connectivity index (χ3v) is 9.15. The van der Waals surface area contributed by atoms with E-state index in [0.29, 0.717) is 27.7 Å². The summed E-state index contributed by atoms with van der Waals surface area (Å²) in [4.78, 5) is 28.4. The first-order valence-electron chi connectivity index (χ1n) is 12.3. The minimum Gasteiger partial charge on any atom is -0.352 e. The molecule has 3 rings (SSSR count). The molecule has 0 aliphatic rings. The van der Waals surface area contributed by atoms with Crippen LogP contribution in [0.15, 0.2) is 82.2 Å². The molecule has 0 saturated carbocycles. The highest BCUT2D eigenvalue weighted by Crippen LogP contribution is 2.27. The zero-order chi connectivity index (χ0) is 28.7. The second-order valence-electron chi connectivity index (χ2n) is 9.05. The molecule has 0 aliphatic heterocycles. The molecule has 7 nitrogen and oxygen atoms in total. The molecular weight excluding hydrogens is 625 g/mol. The Morgan fingerprint density at radius 1 is 0.974 bits per heavy atom. The first-order valence-corrected chi connectivity index (χ1v) is 15.3. The van der Waals surface area contributed by atoms with Gasteiger partial charge >= 0.3 is 0 Å². The van der Waals surface area contributed by atoms with E-state index in [1.54, 1.807) is 67.6 Å². The van der Waals surface area contributed by atoms with Gasteiger partial charge in [-0.25, -0.2) is 8.42 Å². The summed E-state index contributed by atoms with van der Waals surface area (Å²) in [6.07, 6.45) is 0.710. The normalized spacial score (nSPS) is 12.9. The van der Waals surface area contributed by atoms with Crippen molar-refractivity contribution in [3.63, 3.8) is 0 Å². The van der Waals surface area contributed by atoms with E-state index in [1.165, 1.54) is 17.0 Å². The van der Waals surface area contributed by atoms with Crippen LogP contribution in [0.5, 0.6) is 0 Å². The molecule has 0 aromatic heterocycles. The number of halogens is 3. The maximum Gasteiger partial charge on any atom is 0.264 e. The van der Waals surface area contributed by atoms with Crippen molar-refractivity contribution in [3.8, 4) is 0 Å². The molecule has 3 aromatic carbocycles. The Bertz CT molecular complexity index is 1410. The molecule has 39 heavy (non-hydrogen) atoms. The monoisotopic (exact) mass is 653 g/mol. The van der Waals surface area contributed by atoms with Gasteiger partial charge in [0.15, 0.2) is 0 Å². The van der Waals surface area contributed by atoms with Crippen LogP contribution in [-0.4, -0.2) is 43.8 Å². The second-order valence-corrected chi connectivity index (χ2v) is 12.7. The van der Waals surface area contributed by atoms with Crippen LogP contribution in [0, 0.1) is 0 Å². The van der Waals surface area contributed by atoms with Crippen LogP contribution in [0.3, 0.4) is 0 Å². The minimum absolute atomic E-state index is 0.0243. The summed E-state index contributed by atoms with van der Waals surface area (Å²) in [7, 11) is -4.12. The van der Waals surface area contributed by atoms with Crippen molar-refractivity contribution in [3.05, 3.63) is 92.9 Å². The lowest BCUT2D eigenvalue weighted by molar-refractivity contribution is -0.139. The molecule has 0 fully saturated rings. The highest BCUT2D eigenvalue weighted by atomic mass is 79.9. The Morgan fingerprint density at radius 3 is 2.21 bits per heavy atom. The molecule has 0 saturated heterocycles. The number of rotatable bonds is 11. The number of anilines is 1. The first-order chi connectivity index (χ1) is 18.4. The molecule has 0 heterocycles. The van der Waals surface area contributed by atoms with Crippen LogP contribution in [0.25, 0.3) is 0 Å². The highest BCUT2D eigenvalue weighted by Gasteiger charge is 2.33. The molecule has 0 unspecified atom stereocenters. The average molecular weight is 655 g/mol. The van der Waals surface area contributed by atoms with Crippen molar-refractivity contribution in [1.29, 1.82) is 0 Å². The number of sulfonamides is 1. The number of amides is 2. The van der Waals surface area contributed by atoms with E-state index in [0.717, 1.165) is 8.78 Å². The van der Waals surface area contributed by atoms with E-state index < -0.39 is 28.5 Å². The third kappa shape index (κ3) is 7.97. The third-order valence-electron chi connectivity index (χ3n) is 6.25. The summed E-state index contributed by atoms with van der Waals surface area (Å²) in [5.41, 5.74) is 0.871. The van der Waals surface area contributed by atoms with Gasteiger partial charge in [-0.3, -0.25) is 13.9 Å². The van der Waals surface area contributed by atoms with Crippen molar-refractivity contribution < 1.29 is 18.0 Å². The van der Waals surface area contributed by atoms with Crippen LogP contribution >= 0.6 is 39.1 Å². The molecule has 0 aliphatic carbocycles. The number of carbonyl (C=O) groups excluding carboxylic acids is 2. The SMILES string of the molecule is CC[C@@H](C)NC(=O)[C@@H](C)N(Cc1ccc(Cl)cc1Cl)C(=O)CN(c1ccc(Br)cc1)S(=O)(=O)c1ccccc1. The van der Waals surface area contributed by atoms with Gasteiger partial charge in [-0.2, -0.15) is 0 Å². The van der Waals surface area contributed by atoms with Crippen molar-refractivity contribution in [2.45, 2.75) is 50.7 Å². The van der Waals surface area contributed by atoms with Gasteiger partial charge < -0.3 is 10.2 Å². The summed E-state index contributed by atoms with van der Waals surface area (Å²) in [5.74, 6) is -0.931. The van der Waals surface area contributed by atoms with Gasteiger partial charge in [-0.05, 0) is 74.4 Å². The fourth-order valence-corrected chi connectivity index (χ4v) is 5.91. The molecule has 2 amide bonds. The van der Waals surface area contributed by atoms with E-state index in [1.807, 2.05) is 13.8 Å². The zero-order valence-electron chi connectivity index (χ0n) is 21.8. The lowest BCUT2D eigenvalue weighted by atomic mass is 10.1. The number of nitrogens with one attached hydrogen (secondary N) is 1. The highest BCUT2D eigenvalue weighted by molar-refractivity contribution is 9.10. The minimum atomic E-state index is -4.12. The fraction of sp³-hybridized carbons (Fsp3) is 0.286. The number of benzene rings is 3. The molecule has 1 N–H and O–H groups in total. The molecule has 11 heteroatoms. The van der Waals surface area contributed by atoms with E-state index in [2.05, 4.69) is 21.2 Å². The van der Waals surface area contributed by atoms with Crippen LogP contribution in [-0.2, 0) is 26.2 Å². The van der Waals surface area contributed by atoms with E-state index in [4.69, 9.17) is 23.2 Å². The van der Waals surface area contributed by atoms with Gasteiger partial charge in [-0.1, -0.05) is 70.3 Å². The summed E-state index contributed by atoms with van der Waals surface area (Å²) in [6, 6.07) is 18.4. The number of nitrogens with zero attached hydrogens (tertiary/aromatic N) is 2. The quantitative estimate of drug-likeness (QED) is 0.264. The zero-order valence-corrected chi connectivity index (χ0v) is 25.7. The van der Waals surface area contributed by atoms with Crippen molar-refractivity contribution in [2.24, 2.45) is 0 Å². The average Bonchev–Trinajstić information content (AvgIpc) is 2.91. The molecule has 3 aromatic rings. The molecule has 0 spiro atoms. The Kier molecular flexibility index (Phi) is 10.8. The lowest BCUT2D eigenvalue weighted by Crippen LogP contribution is -2.52. The standard InChI is InChI=1S/C28H30BrCl2N3O4S/c1-4-19(2)32-28(36)20(3)33(17-21-10-13-23(30)16-26(21)31)27(35)18-34(24-14-11-22(29)12-15-24)39(37,38)25-8-6-5-7-9-25/h5-16,19-20H,4,17-18H2,1-3H3,(H,32,36)/t19-,20-/m1/s1. The van der Waals surface area contributed by atoms with Crippen LogP contribution < -0.4 is 9.62 Å². The van der Waals surface area contributed by atoms with E-state index in [9.17, 15) is 18.0 Å². The predicted octanol–water partition coefficient (Wildman–Crippen LogP) is 6.28. The maximum absolute atomic E-state index is 13.9. The molecule has 208 valence electrons. The Labute approximate surface area is 248 Å². The fourth-order valence-electron chi connectivity index (χ4n) is 3.74. The Hall–Kier alpha value is -2.59. The van der Waals surface area contributed by atoms with Crippen molar-refractivity contribution in [1.82, 2.24) is 10.2 Å². The summed E-state index contributed by atoms with van der Waals surface area (Å²) in [5, 5.41) is 3.66. The Morgan fingerprint density at radius 2 is 1.62 bits per heavy atom.